The predicted molar refractivity (Wildman–Crippen MR) is 99.7 cm³/mol. The third-order valence-corrected chi connectivity index (χ3v) is 5.47. The minimum atomic E-state index is -3.04. The maximum atomic E-state index is 15.1. The molecule has 1 heterocycles. The highest BCUT2D eigenvalue weighted by Crippen LogP contribution is 2.31. The first-order valence-electron chi connectivity index (χ1n) is 11.4. The van der Waals surface area contributed by atoms with Gasteiger partial charge in [0.05, 0.1) is 14.9 Å². The zero-order valence-corrected chi connectivity index (χ0v) is 16.4. The standard InChI is InChI=1S/C20H26F3NO7/c21-11-7-10(19(29)24-9-5-3-1-2-4-6-9)13(22)18(14(11)23)31-20-17(28)16(27)15(26)12(8-25)30-20/h7,9,12,15-17,20,25-28H,1-6,8H2,(H,24,29)/i8T2,25T. The first-order valence-corrected chi connectivity index (χ1v) is 9.97. The van der Waals surface area contributed by atoms with Gasteiger partial charge in [0.25, 0.3) is 5.91 Å². The van der Waals surface area contributed by atoms with E-state index in [2.05, 4.69) is 10.4 Å². The summed E-state index contributed by atoms with van der Waals surface area (Å²) in [5, 5.41) is 36.5. The lowest BCUT2D eigenvalue weighted by molar-refractivity contribution is -0.278. The Morgan fingerprint density at radius 2 is 1.81 bits per heavy atom. The SMILES string of the molecule is [3H]OC([3H])([3H])C1OC(Oc2c(F)c(F)cc(C(=O)NC3CCCCCC3)c2F)C(O)C(O)C1O. The van der Waals surface area contributed by atoms with Crippen molar-refractivity contribution < 1.29 is 50.6 Å². The van der Waals surface area contributed by atoms with Crippen molar-refractivity contribution in [3.63, 3.8) is 0 Å². The van der Waals surface area contributed by atoms with Crippen LogP contribution in [0.15, 0.2) is 6.07 Å². The van der Waals surface area contributed by atoms with E-state index < -0.39 is 71.9 Å². The van der Waals surface area contributed by atoms with Gasteiger partial charge in [-0.2, -0.15) is 4.39 Å². The number of benzene rings is 1. The summed E-state index contributed by atoms with van der Waals surface area (Å²) < 4.78 is 75.4. The number of halogens is 3. The topological polar surface area (TPSA) is 128 Å². The summed E-state index contributed by atoms with van der Waals surface area (Å²) in [6.45, 7) is -3.04. The highest BCUT2D eigenvalue weighted by Gasteiger charge is 2.45. The Morgan fingerprint density at radius 3 is 2.45 bits per heavy atom. The summed E-state index contributed by atoms with van der Waals surface area (Å²) in [6.07, 6.45) is -5.83. The Hall–Kier alpha value is -1.92. The molecule has 1 amide bonds. The summed E-state index contributed by atoms with van der Waals surface area (Å²) >= 11 is 0. The molecular weight excluding hydrogens is 423 g/mol. The average molecular weight is 455 g/mol. The number of hydrogen-bond acceptors (Lipinski definition) is 7. The van der Waals surface area contributed by atoms with E-state index in [1.807, 2.05) is 0 Å². The van der Waals surface area contributed by atoms with Crippen molar-refractivity contribution in [2.45, 2.75) is 75.3 Å². The summed E-state index contributed by atoms with van der Waals surface area (Å²) in [5.41, 5.74) is -0.870. The number of amides is 1. The van der Waals surface area contributed by atoms with Gasteiger partial charge in [0.2, 0.25) is 13.5 Å². The Bertz CT molecular complexity index is 889. The molecule has 1 saturated carbocycles. The number of aliphatic hydroxyl groups is 4. The van der Waals surface area contributed by atoms with Crippen LogP contribution in [0.25, 0.3) is 0 Å². The molecule has 5 atom stereocenters. The van der Waals surface area contributed by atoms with Crippen LogP contribution in [0.1, 0.15) is 51.6 Å². The van der Waals surface area contributed by atoms with Crippen LogP contribution >= 0.6 is 0 Å². The van der Waals surface area contributed by atoms with Crippen LogP contribution < -0.4 is 10.1 Å². The molecule has 0 bridgehead atoms. The second kappa shape index (κ2) is 10.1. The van der Waals surface area contributed by atoms with Crippen LogP contribution in [0.2, 0.25) is 0 Å². The van der Waals surface area contributed by atoms with Gasteiger partial charge in [-0.05, 0) is 18.9 Å². The van der Waals surface area contributed by atoms with E-state index in [-0.39, 0.29) is 6.04 Å². The number of ether oxygens (including phenoxy) is 2. The molecule has 11 heteroatoms. The van der Waals surface area contributed by atoms with Crippen molar-refractivity contribution in [2.24, 2.45) is 0 Å². The second-order valence-corrected chi connectivity index (χ2v) is 7.66. The van der Waals surface area contributed by atoms with Crippen LogP contribution in [0, 0.1) is 17.5 Å². The molecule has 0 radical (unpaired) electrons. The maximum Gasteiger partial charge on any atom is 0.254 e. The van der Waals surface area contributed by atoms with Crippen LogP contribution in [-0.2, 0) is 4.74 Å². The molecule has 2 aliphatic rings. The maximum absolute atomic E-state index is 15.1. The molecule has 1 aromatic carbocycles. The molecule has 3 rings (SSSR count). The Morgan fingerprint density at radius 1 is 1.13 bits per heavy atom. The minimum absolute atomic E-state index is 0.278. The summed E-state index contributed by atoms with van der Waals surface area (Å²) in [4.78, 5) is 12.6. The highest BCUT2D eigenvalue weighted by atomic mass is 19.2. The van der Waals surface area contributed by atoms with Gasteiger partial charge in [0.1, 0.15) is 24.4 Å². The number of carbonyl (C=O) groups is 1. The first kappa shape index (κ1) is 19.7. The van der Waals surface area contributed by atoms with E-state index >= 15 is 4.39 Å². The zero-order chi connectivity index (χ0) is 25.2. The van der Waals surface area contributed by atoms with Crippen molar-refractivity contribution >= 4 is 5.91 Å². The van der Waals surface area contributed by atoms with E-state index in [0.29, 0.717) is 18.9 Å². The monoisotopic (exact) mass is 455 g/mol. The second-order valence-electron chi connectivity index (χ2n) is 7.66. The van der Waals surface area contributed by atoms with Crippen molar-refractivity contribution in [2.75, 3.05) is 6.56 Å². The van der Waals surface area contributed by atoms with E-state index in [4.69, 9.17) is 13.6 Å². The summed E-state index contributed by atoms with van der Waals surface area (Å²) in [7, 11) is 0. The zero-order valence-electron chi connectivity index (χ0n) is 19.4. The number of carbonyl (C=O) groups excluding carboxylic acids is 1. The van der Waals surface area contributed by atoms with Gasteiger partial charge in [-0.25, -0.2) is 8.78 Å². The first-order chi connectivity index (χ1) is 16.0. The van der Waals surface area contributed by atoms with Crippen LogP contribution in [0.3, 0.4) is 0 Å². The Balaban J connectivity index is 1.87. The molecule has 5 N–H and O–H groups in total. The highest BCUT2D eigenvalue weighted by molar-refractivity contribution is 5.95. The third-order valence-electron chi connectivity index (χ3n) is 5.47. The molecule has 8 nitrogen and oxygen atoms in total. The lowest BCUT2D eigenvalue weighted by Crippen LogP contribution is -2.60. The smallest absolute Gasteiger partial charge is 0.254 e. The van der Waals surface area contributed by atoms with Crippen LogP contribution in [-0.4, -0.2) is 71.1 Å². The van der Waals surface area contributed by atoms with Crippen LogP contribution in [0.4, 0.5) is 13.2 Å². The summed E-state index contributed by atoms with van der Waals surface area (Å²) in [6, 6.07) is 0.0789. The van der Waals surface area contributed by atoms with Gasteiger partial charge >= 0.3 is 0 Å². The number of aliphatic hydroxyl groups excluding tert-OH is 3. The van der Waals surface area contributed by atoms with E-state index in [9.17, 15) is 28.9 Å². The molecule has 1 aliphatic carbocycles. The predicted octanol–water partition coefficient (Wildman–Crippen LogP) is 0.735. The molecule has 0 spiro atoms. The summed E-state index contributed by atoms with van der Waals surface area (Å²) in [5.74, 6) is -7.58. The normalized spacial score (nSPS) is 31.8. The minimum Gasteiger partial charge on any atom is -0.456 e. The molecule has 1 aromatic rings. The molecule has 2 fully saturated rings. The lowest BCUT2D eigenvalue weighted by atomic mass is 9.99. The fourth-order valence-corrected chi connectivity index (χ4v) is 3.69. The van der Waals surface area contributed by atoms with Crippen molar-refractivity contribution in [3.8, 4) is 5.75 Å². The molecule has 5 unspecified atom stereocenters. The number of hydrogen-bond donors (Lipinski definition) is 5. The fraction of sp³-hybridized carbons (Fsp3) is 0.650. The molecule has 1 aliphatic heterocycles. The fourth-order valence-electron chi connectivity index (χ4n) is 3.69. The lowest BCUT2D eigenvalue weighted by Gasteiger charge is -2.39. The van der Waals surface area contributed by atoms with Gasteiger partial charge in [0, 0.05) is 6.04 Å². The Kier molecular flexibility index (Phi) is 6.45. The van der Waals surface area contributed by atoms with E-state index in [1.165, 1.54) is 0 Å². The molecule has 0 aromatic heterocycles. The van der Waals surface area contributed by atoms with Gasteiger partial charge < -0.3 is 35.2 Å². The molecule has 31 heavy (non-hydrogen) atoms. The van der Waals surface area contributed by atoms with Gasteiger partial charge in [0.15, 0.2) is 17.4 Å². The van der Waals surface area contributed by atoms with Crippen LogP contribution in [0.5, 0.6) is 5.75 Å². The van der Waals surface area contributed by atoms with Crippen molar-refractivity contribution in [1.82, 2.24) is 5.32 Å². The molecular formula is C20H26F3NO7. The third kappa shape index (κ3) is 5.12. The van der Waals surface area contributed by atoms with E-state index in [0.717, 1.165) is 25.7 Å². The molecule has 174 valence electrons. The van der Waals surface area contributed by atoms with Crippen molar-refractivity contribution in [1.29, 1.82) is 1.43 Å². The van der Waals surface area contributed by atoms with Gasteiger partial charge in [-0.3, -0.25) is 4.79 Å². The largest absolute Gasteiger partial charge is 0.456 e. The number of nitrogens with one attached hydrogen (secondary N) is 1. The molecule has 1 saturated heterocycles. The quantitative estimate of drug-likeness (QED) is 0.316. The average Bonchev–Trinajstić information content (AvgIpc) is 3.07. The number of rotatable bonds is 6. The van der Waals surface area contributed by atoms with E-state index in [1.54, 1.807) is 0 Å². The van der Waals surface area contributed by atoms with Crippen molar-refractivity contribution in [3.05, 3.63) is 29.1 Å². The van der Waals surface area contributed by atoms with Gasteiger partial charge in [-0.15, -0.1) is 0 Å². The van der Waals surface area contributed by atoms with Gasteiger partial charge in [-0.1, -0.05) is 25.7 Å². The Labute approximate surface area is 180 Å².